The Morgan fingerprint density at radius 1 is 0.435 bits per heavy atom. The van der Waals surface area contributed by atoms with Gasteiger partial charge in [-0.25, -0.2) is 0 Å². The number of pyridine rings is 5. The molecule has 292 valence electrons. The van der Waals surface area contributed by atoms with Gasteiger partial charge in [-0.05, 0) is 132 Å². The predicted molar refractivity (Wildman–Crippen MR) is 258 cm³/mol. The molecule has 0 aliphatic heterocycles. The molecule has 0 aliphatic rings. The minimum atomic E-state index is 0.777. The van der Waals surface area contributed by atoms with Crippen LogP contribution in [0.5, 0.6) is 0 Å². The molecule has 6 aromatic carbocycles. The van der Waals surface area contributed by atoms with Crippen molar-refractivity contribution in [2.75, 3.05) is 4.90 Å². The van der Waals surface area contributed by atoms with Crippen LogP contribution < -0.4 is 4.90 Å². The second-order valence-electron chi connectivity index (χ2n) is 15.2. The van der Waals surface area contributed by atoms with Crippen LogP contribution in [0, 0.1) is 0 Å². The summed E-state index contributed by atoms with van der Waals surface area (Å²) in [4.78, 5) is 30.3. The van der Waals surface area contributed by atoms with E-state index in [0.717, 1.165) is 116 Å². The molecule has 0 aliphatic carbocycles. The summed E-state index contributed by atoms with van der Waals surface area (Å²) in [5.74, 6) is 0. The fourth-order valence-electron chi connectivity index (χ4n) is 8.80. The van der Waals surface area contributed by atoms with Crippen LogP contribution in [0.4, 0.5) is 22.7 Å². The molecule has 7 nitrogen and oxygen atoms in total. The van der Waals surface area contributed by atoms with Gasteiger partial charge in [0.15, 0.2) is 0 Å². The lowest BCUT2D eigenvalue weighted by Gasteiger charge is -2.26. The van der Waals surface area contributed by atoms with Crippen LogP contribution in [0.15, 0.2) is 194 Å². The monoisotopic (exact) mass is 795 g/mol. The molecule has 0 spiro atoms. The lowest BCUT2D eigenvalue weighted by Crippen LogP contribution is -2.09. The highest BCUT2D eigenvalue weighted by molar-refractivity contribution is 6.11. The first-order valence-electron chi connectivity index (χ1n) is 20.5. The molecule has 0 radical (unpaired) electrons. The van der Waals surface area contributed by atoms with Gasteiger partial charge in [0.1, 0.15) is 0 Å². The second-order valence-corrected chi connectivity index (χ2v) is 15.2. The van der Waals surface area contributed by atoms with Crippen molar-refractivity contribution in [3.05, 3.63) is 194 Å². The molecule has 11 rings (SSSR count). The summed E-state index contributed by atoms with van der Waals surface area (Å²) in [6.07, 6.45) is 13.3. The second kappa shape index (κ2) is 15.3. The van der Waals surface area contributed by atoms with Crippen molar-refractivity contribution in [2.45, 2.75) is 6.92 Å². The Bertz CT molecular complexity index is 3380. The molecule has 0 N–H and O–H groups in total. The van der Waals surface area contributed by atoms with E-state index in [9.17, 15) is 0 Å². The van der Waals surface area contributed by atoms with Gasteiger partial charge in [0, 0.05) is 80.5 Å². The Morgan fingerprint density at radius 3 is 1.24 bits per heavy atom. The first kappa shape index (κ1) is 36.6. The van der Waals surface area contributed by atoms with Gasteiger partial charge in [0.05, 0.1) is 33.3 Å². The fraction of sp³-hybridized carbons (Fsp3) is 0.0182. The van der Waals surface area contributed by atoms with E-state index < -0.39 is 0 Å². The number of fused-ring (bicyclic) bond motifs is 7. The first-order valence-corrected chi connectivity index (χ1v) is 20.5. The first-order chi connectivity index (χ1) is 30.7. The van der Waals surface area contributed by atoms with E-state index in [1.165, 1.54) is 0 Å². The maximum Gasteiger partial charge on any atom is 0.0970 e. The summed E-state index contributed by atoms with van der Waals surface area (Å²) in [6.45, 7) is 5.95. The molecule has 0 atom stereocenters. The molecule has 0 unspecified atom stereocenters. The van der Waals surface area contributed by atoms with Crippen molar-refractivity contribution in [3.8, 4) is 33.4 Å². The lowest BCUT2D eigenvalue weighted by molar-refractivity contribution is 1.28. The average Bonchev–Trinajstić information content (AvgIpc) is 3.34. The number of aromatic nitrogens is 5. The van der Waals surface area contributed by atoms with Crippen molar-refractivity contribution in [2.24, 2.45) is 4.99 Å². The number of allylic oxidation sites excluding steroid dienone is 1. The van der Waals surface area contributed by atoms with E-state index in [1.54, 1.807) is 6.20 Å². The smallest absolute Gasteiger partial charge is 0.0970 e. The Kier molecular flexibility index (Phi) is 9.05. The van der Waals surface area contributed by atoms with Gasteiger partial charge >= 0.3 is 0 Å². The Morgan fingerprint density at radius 2 is 0.806 bits per heavy atom. The van der Waals surface area contributed by atoms with E-state index in [4.69, 9.17) is 9.97 Å². The summed E-state index contributed by atoms with van der Waals surface area (Å²) in [7, 11) is 0. The van der Waals surface area contributed by atoms with Crippen molar-refractivity contribution in [3.63, 3.8) is 0 Å². The third kappa shape index (κ3) is 6.23. The highest BCUT2D eigenvalue weighted by Crippen LogP contribution is 2.42. The highest BCUT2D eigenvalue weighted by Gasteiger charge is 2.18. The highest BCUT2D eigenvalue weighted by atomic mass is 15.1. The van der Waals surface area contributed by atoms with E-state index in [-0.39, 0.29) is 0 Å². The van der Waals surface area contributed by atoms with Gasteiger partial charge < -0.3 is 4.90 Å². The molecule has 0 bridgehead atoms. The van der Waals surface area contributed by atoms with Crippen LogP contribution in [0.1, 0.15) is 12.5 Å². The van der Waals surface area contributed by atoms with Gasteiger partial charge in [-0.1, -0.05) is 78.9 Å². The summed E-state index contributed by atoms with van der Waals surface area (Å²) in [6, 6.07) is 53.4. The topological polar surface area (TPSA) is 80.0 Å². The number of rotatable bonds is 8. The van der Waals surface area contributed by atoms with Crippen molar-refractivity contribution in [1.82, 2.24) is 24.9 Å². The molecule has 0 saturated heterocycles. The summed E-state index contributed by atoms with van der Waals surface area (Å²) in [5, 5.41) is 5.27. The van der Waals surface area contributed by atoms with E-state index >= 15 is 0 Å². The normalized spacial score (nSPS) is 11.6. The number of nitrogens with zero attached hydrogens (tertiary/aromatic N) is 7. The van der Waals surface area contributed by atoms with Gasteiger partial charge in [0.2, 0.25) is 0 Å². The molecule has 0 amide bonds. The molecule has 5 aromatic heterocycles. The number of benzene rings is 6. The van der Waals surface area contributed by atoms with Crippen LogP contribution in [0.25, 0.3) is 94.0 Å². The van der Waals surface area contributed by atoms with Crippen LogP contribution in [0.2, 0.25) is 0 Å². The molecule has 7 heteroatoms. The lowest BCUT2D eigenvalue weighted by atomic mass is 9.94. The number of hydrogen-bond donors (Lipinski definition) is 0. The molecule has 11 aromatic rings. The summed E-state index contributed by atoms with van der Waals surface area (Å²) >= 11 is 0. The number of anilines is 3. The molecular formula is C55H37N7. The largest absolute Gasteiger partial charge is 0.311 e. The van der Waals surface area contributed by atoms with Gasteiger partial charge in [-0.2, -0.15) is 0 Å². The summed E-state index contributed by atoms with van der Waals surface area (Å²) < 4.78 is 0. The molecule has 5 heterocycles. The Labute approximate surface area is 358 Å². The fourth-order valence-corrected chi connectivity index (χ4v) is 8.80. The molecule has 0 saturated carbocycles. The van der Waals surface area contributed by atoms with Gasteiger partial charge in [-0.3, -0.25) is 29.9 Å². The van der Waals surface area contributed by atoms with Crippen LogP contribution in [-0.4, -0.2) is 31.6 Å². The summed E-state index contributed by atoms with van der Waals surface area (Å²) in [5.41, 5.74) is 15.8. The van der Waals surface area contributed by atoms with Gasteiger partial charge in [-0.15, -0.1) is 0 Å². The molecule has 62 heavy (non-hydrogen) atoms. The van der Waals surface area contributed by atoms with E-state index in [0.29, 0.717) is 0 Å². The van der Waals surface area contributed by atoms with Crippen molar-refractivity contribution >= 4 is 90.1 Å². The van der Waals surface area contributed by atoms with Crippen molar-refractivity contribution in [1.29, 1.82) is 0 Å². The van der Waals surface area contributed by atoms with Gasteiger partial charge in [0.25, 0.3) is 0 Å². The van der Waals surface area contributed by atoms with Crippen LogP contribution in [0.3, 0.4) is 0 Å². The minimum Gasteiger partial charge on any atom is -0.311 e. The zero-order chi connectivity index (χ0) is 41.6. The third-order valence-corrected chi connectivity index (χ3v) is 11.6. The average molecular weight is 796 g/mol. The maximum absolute atomic E-state index is 4.76. The molecular weight excluding hydrogens is 759 g/mol. The van der Waals surface area contributed by atoms with Crippen LogP contribution >= 0.6 is 0 Å². The maximum atomic E-state index is 4.76. The zero-order valence-corrected chi connectivity index (χ0v) is 33.8. The SMILES string of the molecule is C=Nc1c(/C=C\C)c(-c2ccc(N(c3ccc(-c4cc5cccnc5c5ncccc45)cc3)c3ccc(-c4cc5cccnc5c5ncccc45)cc3)cc2)cc2cccnc12. The Hall–Kier alpha value is -8.42. The van der Waals surface area contributed by atoms with E-state index in [2.05, 4.69) is 159 Å². The third-order valence-electron chi connectivity index (χ3n) is 11.6. The number of aliphatic imine (C=N–C) groups is 1. The number of hydrogen-bond acceptors (Lipinski definition) is 7. The van der Waals surface area contributed by atoms with E-state index in [1.807, 2.05) is 68.1 Å². The zero-order valence-electron chi connectivity index (χ0n) is 33.8. The van der Waals surface area contributed by atoms with Crippen molar-refractivity contribution < 1.29 is 0 Å². The van der Waals surface area contributed by atoms with Crippen LogP contribution in [-0.2, 0) is 0 Å². The molecule has 0 fully saturated rings. The quantitative estimate of drug-likeness (QED) is 0.113. The predicted octanol–water partition coefficient (Wildman–Crippen LogP) is 14.3. The minimum absolute atomic E-state index is 0.777. The Balaban J connectivity index is 1.04. The standard InChI is InChI=1S/C55H37N7/c1-3-9-44-47(32-38-10-4-27-57-50(38)53(44)56-2)35-15-21-41(22-16-35)62(42-23-17-36(18-24-42)48-33-39-11-5-28-58-51(39)54-45(48)13-7-30-60-54)43-25-19-37(20-26-43)49-34-40-12-6-29-59-52(40)55-46(49)14-8-31-61-55/h3-34H,2H2,1H3/b9-3-.